The molecular weight excluding hydrogens is 260 g/mol. The van der Waals surface area contributed by atoms with Gasteiger partial charge in [-0.15, -0.1) is 0 Å². The molecule has 1 aromatic heterocycles. The zero-order valence-electron chi connectivity index (χ0n) is 12.5. The molecule has 0 spiro atoms. The number of hydrogen-bond acceptors (Lipinski definition) is 2. The molecule has 0 amide bonds. The van der Waals surface area contributed by atoms with Crippen LogP contribution in [0.25, 0.3) is 10.9 Å². The Hall–Kier alpha value is -2.42. The fourth-order valence-corrected chi connectivity index (χ4v) is 2.55. The molecule has 0 aliphatic carbocycles. The molecule has 1 heterocycles. The van der Waals surface area contributed by atoms with E-state index in [0.717, 1.165) is 24.4 Å². The first-order valence-corrected chi connectivity index (χ1v) is 7.18. The van der Waals surface area contributed by atoms with Gasteiger partial charge in [0.1, 0.15) is 5.75 Å². The van der Waals surface area contributed by atoms with E-state index in [1.54, 1.807) is 7.11 Å². The van der Waals surface area contributed by atoms with E-state index in [0.29, 0.717) is 0 Å². The third-order valence-electron chi connectivity index (χ3n) is 3.78. The van der Waals surface area contributed by atoms with Crippen LogP contribution in [0.3, 0.4) is 0 Å². The van der Waals surface area contributed by atoms with Crippen molar-refractivity contribution < 1.29 is 4.74 Å². The van der Waals surface area contributed by atoms with E-state index in [9.17, 15) is 0 Å². The van der Waals surface area contributed by atoms with Crippen LogP contribution < -0.4 is 10.1 Å². The number of anilines is 1. The molecular formula is C18H20N2O. The minimum Gasteiger partial charge on any atom is -0.497 e. The van der Waals surface area contributed by atoms with Crippen LogP contribution in [0.5, 0.6) is 5.75 Å². The Morgan fingerprint density at radius 2 is 1.86 bits per heavy atom. The molecule has 3 nitrogen and oxygen atoms in total. The topological polar surface area (TPSA) is 26.2 Å². The van der Waals surface area contributed by atoms with Gasteiger partial charge in [0, 0.05) is 31.0 Å². The Labute approximate surface area is 125 Å². The van der Waals surface area contributed by atoms with Gasteiger partial charge in [-0.2, -0.15) is 0 Å². The van der Waals surface area contributed by atoms with Crippen molar-refractivity contribution in [3.63, 3.8) is 0 Å². The number of hydrogen-bond donors (Lipinski definition) is 1. The van der Waals surface area contributed by atoms with Crippen LogP contribution in [0.4, 0.5) is 5.69 Å². The standard InChI is InChI=1S/C18H20N2O/c1-20-12-10-15-13-14(3-8-18(15)20)9-11-19-16-4-6-17(21-2)7-5-16/h3-8,10,12-13,19H,9,11H2,1-2H3. The lowest BCUT2D eigenvalue weighted by atomic mass is 10.1. The first-order chi connectivity index (χ1) is 10.3. The lowest BCUT2D eigenvalue weighted by Crippen LogP contribution is -2.04. The molecule has 0 atom stereocenters. The van der Waals surface area contributed by atoms with Gasteiger partial charge < -0.3 is 14.6 Å². The normalized spacial score (nSPS) is 10.8. The molecule has 0 fully saturated rings. The van der Waals surface area contributed by atoms with E-state index in [1.807, 2.05) is 24.3 Å². The number of benzene rings is 2. The fraction of sp³-hybridized carbons (Fsp3) is 0.222. The second-order valence-electron chi connectivity index (χ2n) is 5.23. The summed E-state index contributed by atoms with van der Waals surface area (Å²) in [5.74, 6) is 0.884. The van der Waals surface area contributed by atoms with E-state index in [2.05, 4.69) is 47.4 Å². The maximum Gasteiger partial charge on any atom is 0.119 e. The van der Waals surface area contributed by atoms with E-state index >= 15 is 0 Å². The van der Waals surface area contributed by atoms with Gasteiger partial charge in [0.25, 0.3) is 0 Å². The number of methoxy groups -OCH3 is 1. The average molecular weight is 280 g/mol. The lowest BCUT2D eigenvalue weighted by molar-refractivity contribution is 0.415. The summed E-state index contributed by atoms with van der Waals surface area (Å²) in [5, 5.41) is 4.74. The summed E-state index contributed by atoms with van der Waals surface area (Å²) >= 11 is 0. The predicted molar refractivity (Wildman–Crippen MR) is 88.1 cm³/mol. The van der Waals surface area contributed by atoms with Crippen molar-refractivity contribution in [2.45, 2.75) is 6.42 Å². The SMILES string of the molecule is COc1ccc(NCCc2ccc3c(ccn3C)c2)cc1. The van der Waals surface area contributed by atoms with E-state index in [-0.39, 0.29) is 0 Å². The summed E-state index contributed by atoms with van der Waals surface area (Å²) in [6.45, 7) is 0.921. The number of fused-ring (bicyclic) bond motifs is 1. The Morgan fingerprint density at radius 3 is 2.62 bits per heavy atom. The van der Waals surface area contributed by atoms with Gasteiger partial charge >= 0.3 is 0 Å². The predicted octanol–water partition coefficient (Wildman–Crippen LogP) is 3.84. The number of ether oxygens (including phenoxy) is 1. The molecule has 0 saturated carbocycles. The maximum absolute atomic E-state index is 5.16. The monoisotopic (exact) mass is 280 g/mol. The molecule has 0 aliphatic heterocycles. The van der Waals surface area contributed by atoms with E-state index < -0.39 is 0 Å². The van der Waals surface area contributed by atoms with Crippen LogP contribution in [0.15, 0.2) is 54.7 Å². The van der Waals surface area contributed by atoms with Gasteiger partial charge in [-0.3, -0.25) is 0 Å². The quantitative estimate of drug-likeness (QED) is 0.768. The Morgan fingerprint density at radius 1 is 1.05 bits per heavy atom. The molecule has 3 aromatic rings. The van der Waals surface area contributed by atoms with E-state index in [1.165, 1.54) is 16.5 Å². The van der Waals surface area contributed by atoms with Crippen LogP contribution in [0.2, 0.25) is 0 Å². The smallest absolute Gasteiger partial charge is 0.119 e. The first kappa shape index (κ1) is 13.6. The van der Waals surface area contributed by atoms with Crippen molar-refractivity contribution in [2.75, 3.05) is 19.0 Å². The highest BCUT2D eigenvalue weighted by atomic mass is 16.5. The molecule has 108 valence electrons. The van der Waals surface area contributed by atoms with Gasteiger partial charge in [0.2, 0.25) is 0 Å². The number of aryl methyl sites for hydroxylation is 1. The van der Waals surface area contributed by atoms with Crippen LogP contribution >= 0.6 is 0 Å². The Kier molecular flexibility index (Phi) is 3.82. The van der Waals surface area contributed by atoms with Crippen molar-refractivity contribution in [3.8, 4) is 5.75 Å². The average Bonchev–Trinajstić information content (AvgIpc) is 2.89. The van der Waals surface area contributed by atoms with Crippen LogP contribution in [0, 0.1) is 0 Å². The summed E-state index contributed by atoms with van der Waals surface area (Å²) in [6.07, 6.45) is 3.11. The second kappa shape index (κ2) is 5.92. The summed E-state index contributed by atoms with van der Waals surface area (Å²) in [6, 6.07) is 16.9. The maximum atomic E-state index is 5.16. The number of nitrogens with one attached hydrogen (secondary N) is 1. The highest BCUT2D eigenvalue weighted by Crippen LogP contribution is 2.18. The van der Waals surface area contributed by atoms with Crippen LogP contribution in [-0.2, 0) is 13.5 Å². The van der Waals surface area contributed by atoms with Crippen molar-refractivity contribution in [3.05, 3.63) is 60.3 Å². The van der Waals surface area contributed by atoms with Gasteiger partial charge in [0.15, 0.2) is 0 Å². The van der Waals surface area contributed by atoms with Gasteiger partial charge in [-0.05, 0) is 59.8 Å². The summed E-state index contributed by atoms with van der Waals surface area (Å²) in [5.41, 5.74) is 3.76. The van der Waals surface area contributed by atoms with Crippen molar-refractivity contribution in [2.24, 2.45) is 7.05 Å². The third kappa shape index (κ3) is 3.02. The third-order valence-corrected chi connectivity index (χ3v) is 3.78. The minimum atomic E-state index is 0.884. The molecule has 0 unspecified atom stereocenters. The Bertz CT molecular complexity index is 729. The van der Waals surface area contributed by atoms with Gasteiger partial charge in [0.05, 0.1) is 7.11 Å². The van der Waals surface area contributed by atoms with Crippen molar-refractivity contribution in [1.82, 2.24) is 4.57 Å². The van der Waals surface area contributed by atoms with Crippen LogP contribution in [0.1, 0.15) is 5.56 Å². The lowest BCUT2D eigenvalue weighted by Gasteiger charge is -2.08. The minimum absolute atomic E-state index is 0.884. The summed E-state index contributed by atoms with van der Waals surface area (Å²) in [4.78, 5) is 0. The summed E-state index contributed by atoms with van der Waals surface area (Å²) in [7, 11) is 3.76. The van der Waals surface area contributed by atoms with Crippen LogP contribution in [-0.4, -0.2) is 18.2 Å². The largest absolute Gasteiger partial charge is 0.497 e. The zero-order chi connectivity index (χ0) is 14.7. The number of nitrogens with zero attached hydrogens (tertiary/aromatic N) is 1. The number of rotatable bonds is 5. The highest BCUT2D eigenvalue weighted by Gasteiger charge is 2.00. The zero-order valence-corrected chi connectivity index (χ0v) is 12.5. The Balaban J connectivity index is 1.60. The van der Waals surface area contributed by atoms with Crippen molar-refractivity contribution in [1.29, 1.82) is 0 Å². The van der Waals surface area contributed by atoms with Gasteiger partial charge in [-0.1, -0.05) is 6.07 Å². The molecule has 3 heteroatoms. The molecule has 2 aromatic carbocycles. The second-order valence-corrected chi connectivity index (χ2v) is 5.23. The van der Waals surface area contributed by atoms with Gasteiger partial charge in [-0.25, -0.2) is 0 Å². The molecule has 0 aliphatic rings. The van der Waals surface area contributed by atoms with E-state index in [4.69, 9.17) is 4.74 Å². The molecule has 3 rings (SSSR count). The molecule has 0 radical (unpaired) electrons. The first-order valence-electron chi connectivity index (χ1n) is 7.18. The highest BCUT2D eigenvalue weighted by molar-refractivity contribution is 5.80. The molecule has 1 N–H and O–H groups in total. The molecule has 21 heavy (non-hydrogen) atoms. The molecule has 0 bridgehead atoms. The number of aromatic nitrogens is 1. The molecule has 0 saturated heterocycles. The van der Waals surface area contributed by atoms with Crippen molar-refractivity contribution >= 4 is 16.6 Å². The fourth-order valence-electron chi connectivity index (χ4n) is 2.55. The summed E-state index contributed by atoms with van der Waals surface area (Å²) < 4.78 is 7.30.